The van der Waals surface area contributed by atoms with E-state index in [1.165, 1.54) is 17.4 Å². The van der Waals surface area contributed by atoms with Gasteiger partial charge in [0.15, 0.2) is 0 Å². The lowest BCUT2D eigenvalue weighted by molar-refractivity contribution is -0.187. The van der Waals surface area contributed by atoms with E-state index in [1.807, 2.05) is 0 Å². The topological polar surface area (TPSA) is 46.5 Å². The van der Waals surface area contributed by atoms with E-state index in [1.54, 1.807) is 24.3 Å². The van der Waals surface area contributed by atoms with Crippen LogP contribution in [0.3, 0.4) is 0 Å². The van der Waals surface area contributed by atoms with Gasteiger partial charge >= 0.3 is 12.1 Å². The van der Waals surface area contributed by atoms with Crippen LogP contribution in [-0.4, -0.2) is 23.4 Å². The second-order valence-electron chi connectivity index (χ2n) is 4.80. The van der Waals surface area contributed by atoms with Gasteiger partial charge in [0.05, 0.1) is 9.91 Å². The normalized spacial score (nSPS) is 17.2. The summed E-state index contributed by atoms with van der Waals surface area (Å²) < 4.78 is 44.3. The Morgan fingerprint density at radius 2 is 2.00 bits per heavy atom. The van der Waals surface area contributed by atoms with Crippen molar-refractivity contribution in [1.82, 2.24) is 0 Å². The zero-order valence-electron chi connectivity index (χ0n) is 11.2. The summed E-state index contributed by atoms with van der Waals surface area (Å²) in [5, 5.41) is 9.02. The number of hydrogen-bond acceptors (Lipinski definition) is 3. The molecule has 1 aliphatic heterocycles. The highest BCUT2D eigenvalue weighted by atomic mass is 35.5. The summed E-state index contributed by atoms with van der Waals surface area (Å²) in [7, 11) is 0. The van der Waals surface area contributed by atoms with Gasteiger partial charge in [0.2, 0.25) is 6.10 Å². The quantitative estimate of drug-likeness (QED) is 0.832. The van der Waals surface area contributed by atoms with Crippen molar-refractivity contribution in [2.45, 2.75) is 12.3 Å². The molecular weight excluding hydrogens is 353 g/mol. The molecule has 23 heavy (non-hydrogen) atoms. The van der Waals surface area contributed by atoms with Crippen molar-refractivity contribution < 1.29 is 27.8 Å². The first kappa shape index (κ1) is 15.9. The number of ether oxygens (including phenoxy) is 1. The van der Waals surface area contributed by atoms with Crippen LogP contribution < -0.4 is 4.74 Å². The fourth-order valence-electron chi connectivity index (χ4n) is 2.24. The third kappa shape index (κ3) is 3.07. The maximum Gasteiger partial charge on any atom is 0.430 e. The van der Waals surface area contributed by atoms with Gasteiger partial charge < -0.3 is 9.84 Å². The van der Waals surface area contributed by atoms with Crippen LogP contribution >= 0.6 is 22.9 Å². The molecule has 1 aromatic heterocycles. The van der Waals surface area contributed by atoms with Gasteiger partial charge in [0, 0.05) is 10.4 Å². The number of alkyl halides is 3. The van der Waals surface area contributed by atoms with E-state index in [4.69, 9.17) is 21.4 Å². The molecule has 0 radical (unpaired) electrons. The van der Waals surface area contributed by atoms with Crippen LogP contribution in [0.5, 0.6) is 5.75 Å². The molecule has 0 spiro atoms. The van der Waals surface area contributed by atoms with Crippen LogP contribution in [0.15, 0.2) is 35.9 Å². The van der Waals surface area contributed by atoms with Gasteiger partial charge in [-0.3, -0.25) is 0 Å². The SMILES string of the molecule is O=C(O)C1=Cc2cc(-c3ccc(Cl)s3)ccc2O[C@@H]1C(F)(F)F. The van der Waals surface area contributed by atoms with Gasteiger partial charge in [-0.2, -0.15) is 13.2 Å². The maximum atomic E-state index is 13.0. The summed E-state index contributed by atoms with van der Waals surface area (Å²) in [6.45, 7) is 0. The van der Waals surface area contributed by atoms with Crippen molar-refractivity contribution in [1.29, 1.82) is 0 Å². The van der Waals surface area contributed by atoms with Crippen molar-refractivity contribution in [2.75, 3.05) is 0 Å². The van der Waals surface area contributed by atoms with Gasteiger partial charge in [-0.15, -0.1) is 11.3 Å². The Morgan fingerprint density at radius 3 is 2.57 bits per heavy atom. The first-order chi connectivity index (χ1) is 10.8. The van der Waals surface area contributed by atoms with Gasteiger partial charge in [0.25, 0.3) is 0 Å². The zero-order chi connectivity index (χ0) is 16.8. The first-order valence-electron chi connectivity index (χ1n) is 6.34. The molecule has 0 amide bonds. The highest BCUT2D eigenvalue weighted by Gasteiger charge is 2.48. The number of halogens is 4. The minimum Gasteiger partial charge on any atom is -0.478 e. The maximum absolute atomic E-state index is 13.0. The van der Waals surface area contributed by atoms with Gasteiger partial charge in [-0.05, 0) is 42.0 Å². The van der Waals surface area contributed by atoms with Crippen molar-refractivity contribution in [3.05, 3.63) is 45.8 Å². The molecule has 1 N–H and O–H groups in total. The molecule has 0 fully saturated rings. The Kier molecular flexibility index (Phi) is 3.85. The van der Waals surface area contributed by atoms with Gasteiger partial charge in [-0.1, -0.05) is 11.6 Å². The van der Waals surface area contributed by atoms with Crippen LogP contribution in [0.4, 0.5) is 13.2 Å². The summed E-state index contributed by atoms with van der Waals surface area (Å²) >= 11 is 7.18. The molecule has 120 valence electrons. The summed E-state index contributed by atoms with van der Waals surface area (Å²) in [4.78, 5) is 11.9. The Labute approximate surface area is 137 Å². The largest absolute Gasteiger partial charge is 0.478 e. The molecule has 3 nitrogen and oxygen atoms in total. The molecule has 0 bridgehead atoms. The number of carboxylic acid groups (broad SMARTS) is 1. The fourth-order valence-corrected chi connectivity index (χ4v) is 3.28. The minimum atomic E-state index is -4.80. The van der Waals surface area contributed by atoms with Crippen molar-refractivity contribution in [3.8, 4) is 16.2 Å². The highest BCUT2D eigenvalue weighted by molar-refractivity contribution is 7.19. The lowest BCUT2D eigenvalue weighted by Crippen LogP contribution is -2.40. The summed E-state index contributed by atoms with van der Waals surface area (Å²) in [5.74, 6) is -1.67. The fraction of sp³-hybridized carbons (Fsp3) is 0.133. The van der Waals surface area contributed by atoms with E-state index in [0.29, 0.717) is 4.34 Å². The number of benzene rings is 1. The zero-order valence-corrected chi connectivity index (χ0v) is 12.8. The van der Waals surface area contributed by atoms with Crippen LogP contribution in [0.25, 0.3) is 16.5 Å². The molecule has 3 rings (SSSR count). The van der Waals surface area contributed by atoms with E-state index in [0.717, 1.165) is 16.5 Å². The van der Waals surface area contributed by atoms with Crippen molar-refractivity contribution >= 4 is 35.0 Å². The molecule has 0 aliphatic carbocycles. The Bertz CT molecular complexity index is 811. The monoisotopic (exact) mass is 360 g/mol. The average Bonchev–Trinajstić information content (AvgIpc) is 2.91. The molecule has 2 aromatic rings. The average molecular weight is 361 g/mol. The number of rotatable bonds is 2. The standard InChI is InChI=1S/C15H8ClF3O3S/c16-12-4-3-11(23-12)7-1-2-10-8(5-7)6-9(14(20)21)13(22-10)15(17,18)19/h1-6,13H,(H,20,21)/t13-/m0/s1. The van der Waals surface area contributed by atoms with Crippen molar-refractivity contribution in [2.24, 2.45) is 0 Å². The molecule has 0 saturated heterocycles. The van der Waals surface area contributed by atoms with Crippen LogP contribution in [0, 0.1) is 0 Å². The molecule has 1 aromatic carbocycles. The second kappa shape index (κ2) is 5.58. The predicted octanol–water partition coefficient (Wildman–Crippen LogP) is 4.86. The number of fused-ring (bicyclic) bond motifs is 1. The predicted molar refractivity (Wildman–Crippen MR) is 80.8 cm³/mol. The minimum absolute atomic E-state index is 0.0104. The van der Waals surface area contributed by atoms with Crippen LogP contribution in [0.1, 0.15) is 5.56 Å². The Balaban J connectivity index is 2.07. The Hall–Kier alpha value is -1.99. The molecule has 2 heterocycles. The lowest BCUT2D eigenvalue weighted by Gasteiger charge is -2.27. The van der Waals surface area contributed by atoms with Crippen molar-refractivity contribution in [3.63, 3.8) is 0 Å². The summed E-state index contributed by atoms with van der Waals surface area (Å²) in [6.07, 6.45) is -6.28. The smallest absolute Gasteiger partial charge is 0.430 e. The number of carbonyl (C=O) groups is 1. The van der Waals surface area contributed by atoms with Gasteiger partial charge in [-0.25, -0.2) is 4.79 Å². The molecule has 0 unspecified atom stereocenters. The molecule has 1 atom stereocenters. The molecular formula is C15H8ClF3O3S. The van der Waals surface area contributed by atoms with E-state index >= 15 is 0 Å². The van der Waals surface area contributed by atoms with E-state index in [9.17, 15) is 18.0 Å². The number of aliphatic carboxylic acids is 1. The highest BCUT2D eigenvalue weighted by Crippen LogP contribution is 2.40. The third-order valence-electron chi connectivity index (χ3n) is 3.25. The van der Waals surface area contributed by atoms with Crippen LogP contribution in [0.2, 0.25) is 4.34 Å². The third-order valence-corrected chi connectivity index (χ3v) is 4.53. The van der Waals surface area contributed by atoms with Crippen LogP contribution in [-0.2, 0) is 4.79 Å². The number of thiophene rings is 1. The summed E-state index contributed by atoms with van der Waals surface area (Å²) in [5.41, 5.74) is 0.159. The molecule has 8 heteroatoms. The Morgan fingerprint density at radius 1 is 1.26 bits per heavy atom. The summed E-state index contributed by atoms with van der Waals surface area (Å²) in [6, 6.07) is 8.06. The number of hydrogen-bond donors (Lipinski definition) is 1. The lowest BCUT2D eigenvalue weighted by atomic mass is 9.99. The molecule has 1 aliphatic rings. The second-order valence-corrected chi connectivity index (χ2v) is 6.52. The molecule has 0 saturated carbocycles. The van der Waals surface area contributed by atoms with E-state index in [-0.39, 0.29) is 11.3 Å². The van der Waals surface area contributed by atoms with E-state index in [2.05, 4.69) is 0 Å². The number of carboxylic acids is 1. The van der Waals surface area contributed by atoms with E-state index < -0.39 is 23.8 Å². The first-order valence-corrected chi connectivity index (χ1v) is 7.53. The van der Waals surface area contributed by atoms with Gasteiger partial charge in [0.1, 0.15) is 5.75 Å².